The zero-order valence-electron chi connectivity index (χ0n) is 12.7. The largest absolute Gasteiger partial charge is 0.322 e. The molecule has 0 atom stereocenters. The molecule has 1 N–H and O–H groups in total. The summed E-state index contributed by atoms with van der Waals surface area (Å²) in [6, 6.07) is 11.7. The molecular weight excluding hydrogens is 315 g/mol. The van der Waals surface area contributed by atoms with E-state index in [1.54, 1.807) is 6.07 Å². The van der Waals surface area contributed by atoms with Gasteiger partial charge in [-0.1, -0.05) is 23.7 Å². The van der Waals surface area contributed by atoms with Crippen LogP contribution >= 0.6 is 11.6 Å². The lowest BCUT2D eigenvalue weighted by molar-refractivity contribution is 0.102. The molecule has 1 aliphatic heterocycles. The third-order valence-corrected chi connectivity index (χ3v) is 4.20. The Morgan fingerprint density at radius 1 is 1.17 bits per heavy atom. The van der Waals surface area contributed by atoms with Crippen molar-refractivity contribution >= 4 is 23.2 Å². The first-order valence-electron chi connectivity index (χ1n) is 7.69. The fraction of sp³-hybridized carbons (Fsp3) is 0.278. The molecule has 0 bridgehead atoms. The summed E-state index contributed by atoms with van der Waals surface area (Å²) in [5.74, 6) is -1.10. The van der Waals surface area contributed by atoms with E-state index in [1.165, 1.54) is 25.0 Å². The van der Waals surface area contributed by atoms with Crippen LogP contribution < -0.4 is 5.32 Å². The van der Waals surface area contributed by atoms with Gasteiger partial charge in [0.25, 0.3) is 5.91 Å². The number of nitrogens with one attached hydrogen (secondary N) is 1. The van der Waals surface area contributed by atoms with Crippen molar-refractivity contribution in [2.24, 2.45) is 0 Å². The average molecular weight is 333 g/mol. The predicted octanol–water partition coefficient (Wildman–Crippen LogP) is 4.33. The van der Waals surface area contributed by atoms with E-state index in [-0.39, 0.29) is 10.6 Å². The number of anilines is 1. The zero-order chi connectivity index (χ0) is 16.2. The third-order valence-electron chi connectivity index (χ3n) is 3.97. The van der Waals surface area contributed by atoms with Gasteiger partial charge in [-0.25, -0.2) is 4.39 Å². The van der Waals surface area contributed by atoms with Crippen LogP contribution in [0.4, 0.5) is 10.1 Å². The number of rotatable bonds is 4. The van der Waals surface area contributed by atoms with Gasteiger partial charge in [0, 0.05) is 17.3 Å². The molecule has 0 aromatic heterocycles. The highest BCUT2D eigenvalue weighted by Gasteiger charge is 2.14. The van der Waals surface area contributed by atoms with Crippen LogP contribution in [0, 0.1) is 5.82 Å². The topological polar surface area (TPSA) is 32.3 Å². The molecule has 1 saturated heterocycles. The van der Waals surface area contributed by atoms with Crippen LogP contribution in [0.5, 0.6) is 0 Å². The molecule has 2 aromatic carbocycles. The molecular formula is C18H18ClFN2O. The van der Waals surface area contributed by atoms with Crippen LogP contribution in [0.3, 0.4) is 0 Å². The molecule has 120 valence electrons. The summed E-state index contributed by atoms with van der Waals surface area (Å²) in [6.07, 6.45) is 2.48. The van der Waals surface area contributed by atoms with E-state index < -0.39 is 11.7 Å². The molecule has 1 aliphatic rings. The first-order valence-corrected chi connectivity index (χ1v) is 8.07. The van der Waals surface area contributed by atoms with Crippen LogP contribution in [0.15, 0.2) is 42.5 Å². The Bertz CT molecular complexity index is 714. The maximum absolute atomic E-state index is 13.8. The van der Waals surface area contributed by atoms with E-state index in [4.69, 9.17) is 11.6 Å². The molecule has 0 saturated carbocycles. The molecule has 1 fully saturated rings. The van der Waals surface area contributed by atoms with Crippen molar-refractivity contribution < 1.29 is 9.18 Å². The number of carbonyl (C=O) groups excluding carboxylic acids is 1. The van der Waals surface area contributed by atoms with Crippen molar-refractivity contribution in [2.75, 3.05) is 18.4 Å². The maximum atomic E-state index is 13.8. The van der Waals surface area contributed by atoms with E-state index in [0.29, 0.717) is 5.69 Å². The quantitative estimate of drug-likeness (QED) is 0.904. The maximum Gasteiger partial charge on any atom is 0.258 e. The zero-order valence-corrected chi connectivity index (χ0v) is 13.4. The lowest BCUT2D eigenvalue weighted by atomic mass is 10.1. The number of hydrogen-bond donors (Lipinski definition) is 1. The highest BCUT2D eigenvalue weighted by atomic mass is 35.5. The Hall–Kier alpha value is -1.91. The van der Waals surface area contributed by atoms with Crippen LogP contribution in [0.2, 0.25) is 5.02 Å². The highest BCUT2D eigenvalue weighted by Crippen LogP contribution is 2.19. The van der Waals surface area contributed by atoms with Gasteiger partial charge in [-0.3, -0.25) is 9.69 Å². The van der Waals surface area contributed by atoms with E-state index in [9.17, 15) is 9.18 Å². The van der Waals surface area contributed by atoms with Crippen LogP contribution in [-0.4, -0.2) is 23.9 Å². The van der Waals surface area contributed by atoms with E-state index in [0.717, 1.165) is 31.3 Å². The summed E-state index contributed by atoms with van der Waals surface area (Å²) in [5, 5.41) is 3.01. The lowest BCUT2D eigenvalue weighted by Gasteiger charge is -2.15. The fourth-order valence-corrected chi connectivity index (χ4v) is 2.98. The smallest absolute Gasteiger partial charge is 0.258 e. The van der Waals surface area contributed by atoms with Gasteiger partial charge >= 0.3 is 0 Å². The second-order valence-electron chi connectivity index (χ2n) is 5.76. The molecule has 0 aliphatic carbocycles. The second kappa shape index (κ2) is 7.11. The number of likely N-dealkylation sites (tertiary alicyclic amines) is 1. The van der Waals surface area contributed by atoms with E-state index >= 15 is 0 Å². The van der Waals surface area contributed by atoms with E-state index in [1.807, 2.05) is 18.2 Å². The summed E-state index contributed by atoms with van der Waals surface area (Å²) in [5.41, 5.74) is 1.79. The molecule has 5 heteroatoms. The predicted molar refractivity (Wildman–Crippen MR) is 90.3 cm³/mol. The highest BCUT2D eigenvalue weighted by molar-refractivity contribution is 6.30. The summed E-state index contributed by atoms with van der Waals surface area (Å²) in [6.45, 7) is 3.11. The minimum absolute atomic E-state index is 0.0145. The minimum atomic E-state index is -0.622. The van der Waals surface area contributed by atoms with Crippen LogP contribution in [-0.2, 0) is 6.54 Å². The van der Waals surface area contributed by atoms with Gasteiger partial charge in [0.2, 0.25) is 0 Å². The number of halogens is 2. The Morgan fingerprint density at radius 2 is 1.96 bits per heavy atom. The number of benzene rings is 2. The van der Waals surface area contributed by atoms with Crippen molar-refractivity contribution in [2.45, 2.75) is 19.4 Å². The van der Waals surface area contributed by atoms with Crippen molar-refractivity contribution in [3.05, 3.63) is 64.4 Å². The van der Waals surface area contributed by atoms with Crippen LogP contribution in [0.25, 0.3) is 0 Å². The number of nitrogens with zero attached hydrogens (tertiary/aromatic N) is 1. The second-order valence-corrected chi connectivity index (χ2v) is 6.20. The van der Waals surface area contributed by atoms with Crippen molar-refractivity contribution in [3.8, 4) is 0 Å². The number of carbonyl (C=O) groups is 1. The molecule has 3 nitrogen and oxygen atoms in total. The van der Waals surface area contributed by atoms with Crippen molar-refractivity contribution in [1.82, 2.24) is 4.90 Å². The Kier molecular flexibility index (Phi) is 4.94. The van der Waals surface area contributed by atoms with Gasteiger partial charge in [-0.05, 0) is 61.8 Å². The van der Waals surface area contributed by atoms with Crippen molar-refractivity contribution in [1.29, 1.82) is 0 Å². The first-order chi connectivity index (χ1) is 11.1. The van der Waals surface area contributed by atoms with Gasteiger partial charge in [0.15, 0.2) is 0 Å². The molecule has 23 heavy (non-hydrogen) atoms. The normalized spacial score (nSPS) is 14.9. The van der Waals surface area contributed by atoms with E-state index in [2.05, 4.69) is 10.2 Å². The standard InChI is InChI=1S/C18H18ClFN2O/c19-14-6-7-16(17(20)11-14)18(23)21-15-5-3-4-13(10-15)12-22-8-1-2-9-22/h3-7,10-11H,1-2,8-9,12H2,(H,21,23). The fourth-order valence-electron chi connectivity index (χ4n) is 2.82. The third kappa shape index (κ3) is 4.09. The van der Waals surface area contributed by atoms with Gasteiger partial charge in [0.05, 0.1) is 5.56 Å². The molecule has 0 radical (unpaired) electrons. The summed E-state index contributed by atoms with van der Waals surface area (Å²) < 4.78 is 13.8. The molecule has 2 aromatic rings. The Morgan fingerprint density at radius 3 is 2.70 bits per heavy atom. The SMILES string of the molecule is O=C(Nc1cccc(CN2CCCC2)c1)c1ccc(Cl)cc1F. The molecule has 1 amide bonds. The molecule has 1 heterocycles. The van der Waals surface area contributed by atoms with Gasteiger partial charge in [-0.2, -0.15) is 0 Å². The Balaban J connectivity index is 1.70. The number of hydrogen-bond acceptors (Lipinski definition) is 2. The first kappa shape index (κ1) is 16.0. The van der Waals surface area contributed by atoms with Gasteiger partial charge in [-0.15, -0.1) is 0 Å². The van der Waals surface area contributed by atoms with Gasteiger partial charge in [0.1, 0.15) is 5.82 Å². The molecule has 0 unspecified atom stereocenters. The lowest BCUT2D eigenvalue weighted by Crippen LogP contribution is -2.18. The van der Waals surface area contributed by atoms with Crippen molar-refractivity contribution in [3.63, 3.8) is 0 Å². The monoisotopic (exact) mass is 332 g/mol. The average Bonchev–Trinajstić information content (AvgIpc) is 3.00. The Labute approximate surface area is 140 Å². The molecule has 0 spiro atoms. The van der Waals surface area contributed by atoms with Crippen LogP contribution in [0.1, 0.15) is 28.8 Å². The summed E-state index contributed by atoms with van der Waals surface area (Å²) >= 11 is 5.71. The number of amides is 1. The van der Waals surface area contributed by atoms with Gasteiger partial charge < -0.3 is 5.32 Å². The minimum Gasteiger partial charge on any atom is -0.322 e. The summed E-state index contributed by atoms with van der Waals surface area (Å²) in [7, 11) is 0. The molecule has 3 rings (SSSR count). The summed E-state index contributed by atoms with van der Waals surface area (Å²) in [4.78, 5) is 14.6.